The van der Waals surface area contributed by atoms with Gasteiger partial charge in [-0.25, -0.2) is 4.79 Å². The van der Waals surface area contributed by atoms with E-state index >= 15 is 0 Å². The van der Waals surface area contributed by atoms with E-state index in [1.165, 1.54) is 0 Å². The standard InChI is InChI=1S/C18H18N4O4/c1-26-10-11-2-4-12(5-3-11)17(24)19-9-16(23)20-13-6-7-14-15(8-13)22-18(25)21-14/h2-8H,9-10H2,1H3,(H,19,24)(H,20,23)(H2,21,22,25). The zero-order valence-corrected chi connectivity index (χ0v) is 14.1. The fraction of sp³-hybridized carbons (Fsp3) is 0.167. The quantitative estimate of drug-likeness (QED) is 0.535. The van der Waals surface area contributed by atoms with Crippen molar-refractivity contribution >= 4 is 28.5 Å². The van der Waals surface area contributed by atoms with E-state index in [1.807, 2.05) is 0 Å². The van der Waals surface area contributed by atoms with Gasteiger partial charge in [0.25, 0.3) is 5.91 Å². The highest BCUT2D eigenvalue weighted by Crippen LogP contribution is 2.14. The SMILES string of the molecule is COCc1ccc(C(=O)NCC(=O)Nc2ccc3[nH]c(=O)[nH]c3c2)cc1. The number of amides is 2. The molecule has 0 aliphatic carbocycles. The van der Waals surface area contributed by atoms with Crippen LogP contribution in [0.5, 0.6) is 0 Å². The van der Waals surface area contributed by atoms with E-state index in [2.05, 4.69) is 20.6 Å². The summed E-state index contributed by atoms with van der Waals surface area (Å²) >= 11 is 0. The van der Waals surface area contributed by atoms with Crippen LogP contribution in [0.25, 0.3) is 11.0 Å². The third kappa shape index (κ3) is 4.17. The molecule has 0 spiro atoms. The summed E-state index contributed by atoms with van der Waals surface area (Å²) in [4.78, 5) is 40.6. The van der Waals surface area contributed by atoms with Gasteiger partial charge < -0.3 is 25.3 Å². The van der Waals surface area contributed by atoms with Crippen LogP contribution in [0, 0.1) is 0 Å². The number of benzene rings is 2. The van der Waals surface area contributed by atoms with Gasteiger partial charge in [0.15, 0.2) is 0 Å². The van der Waals surface area contributed by atoms with Gasteiger partial charge in [0.1, 0.15) is 0 Å². The van der Waals surface area contributed by atoms with Gasteiger partial charge in [0, 0.05) is 18.4 Å². The summed E-state index contributed by atoms with van der Waals surface area (Å²) in [5, 5.41) is 5.24. The Kier molecular flexibility index (Phi) is 5.14. The molecule has 1 heterocycles. The highest BCUT2D eigenvalue weighted by atomic mass is 16.5. The topological polar surface area (TPSA) is 116 Å². The van der Waals surface area contributed by atoms with Crippen molar-refractivity contribution in [1.29, 1.82) is 0 Å². The van der Waals surface area contributed by atoms with Crippen LogP contribution in [0.15, 0.2) is 47.3 Å². The van der Waals surface area contributed by atoms with E-state index in [-0.39, 0.29) is 24.0 Å². The fourth-order valence-electron chi connectivity index (χ4n) is 2.50. The Labute approximate surface area is 148 Å². The van der Waals surface area contributed by atoms with E-state index in [0.29, 0.717) is 28.9 Å². The minimum Gasteiger partial charge on any atom is -0.380 e. The maximum absolute atomic E-state index is 12.1. The normalized spacial score (nSPS) is 10.7. The van der Waals surface area contributed by atoms with Gasteiger partial charge >= 0.3 is 5.69 Å². The Morgan fingerprint density at radius 3 is 2.50 bits per heavy atom. The number of rotatable bonds is 6. The summed E-state index contributed by atoms with van der Waals surface area (Å²) in [6, 6.07) is 11.9. The zero-order chi connectivity index (χ0) is 18.5. The lowest BCUT2D eigenvalue weighted by atomic mass is 10.1. The van der Waals surface area contributed by atoms with Crippen molar-refractivity contribution in [1.82, 2.24) is 15.3 Å². The first-order valence-electron chi connectivity index (χ1n) is 7.93. The Morgan fingerprint density at radius 2 is 1.77 bits per heavy atom. The average molecular weight is 354 g/mol. The number of ether oxygens (including phenoxy) is 1. The van der Waals surface area contributed by atoms with Crippen LogP contribution in [0.1, 0.15) is 15.9 Å². The smallest absolute Gasteiger partial charge is 0.323 e. The van der Waals surface area contributed by atoms with Crippen molar-refractivity contribution in [2.24, 2.45) is 0 Å². The minimum absolute atomic E-state index is 0.166. The van der Waals surface area contributed by atoms with Crippen molar-refractivity contribution in [3.05, 3.63) is 64.1 Å². The number of imidazole rings is 1. The lowest BCUT2D eigenvalue weighted by Crippen LogP contribution is -2.32. The molecule has 134 valence electrons. The first-order valence-corrected chi connectivity index (χ1v) is 7.93. The maximum atomic E-state index is 12.1. The van der Waals surface area contributed by atoms with Crippen molar-refractivity contribution in [2.75, 3.05) is 19.0 Å². The van der Waals surface area contributed by atoms with Gasteiger partial charge in [0.05, 0.1) is 24.2 Å². The number of aromatic amines is 2. The number of carbonyl (C=O) groups excluding carboxylic acids is 2. The van der Waals surface area contributed by atoms with Crippen LogP contribution >= 0.6 is 0 Å². The molecule has 8 nitrogen and oxygen atoms in total. The van der Waals surface area contributed by atoms with Crippen molar-refractivity contribution < 1.29 is 14.3 Å². The molecule has 2 aromatic carbocycles. The predicted octanol–water partition coefficient (Wildman–Crippen LogP) is 1.37. The van der Waals surface area contributed by atoms with Crippen LogP contribution in [-0.2, 0) is 16.1 Å². The molecule has 0 atom stereocenters. The van der Waals surface area contributed by atoms with Crippen LogP contribution in [0.2, 0.25) is 0 Å². The number of hydrogen-bond acceptors (Lipinski definition) is 4. The number of methoxy groups -OCH3 is 1. The zero-order valence-electron chi connectivity index (χ0n) is 14.1. The van der Waals surface area contributed by atoms with E-state index < -0.39 is 0 Å². The second kappa shape index (κ2) is 7.66. The van der Waals surface area contributed by atoms with Crippen LogP contribution in [-0.4, -0.2) is 35.4 Å². The van der Waals surface area contributed by atoms with Crippen LogP contribution in [0.4, 0.5) is 5.69 Å². The molecule has 0 saturated heterocycles. The molecule has 3 rings (SSSR count). The van der Waals surface area contributed by atoms with Gasteiger partial charge in [-0.1, -0.05) is 12.1 Å². The lowest BCUT2D eigenvalue weighted by Gasteiger charge is -2.08. The molecule has 0 unspecified atom stereocenters. The first-order chi connectivity index (χ1) is 12.5. The third-order valence-corrected chi connectivity index (χ3v) is 3.74. The molecule has 26 heavy (non-hydrogen) atoms. The highest BCUT2D eigenvalue weighted by Gasteiger charge is 2.09. The number of nitrogens with one attached hydrogen (secondary N) is 4. The molecule has 0 saturated carbocycles. The molecule has 3 aromatic rings. The number of hydrogen-bond donors (Lipinski definition) is 4. The number of fused-ring (bicyclic) bond motifs is 1. The Balaban J connectivity index is 1.55. The van der Waals surface area contributed by atoms with Gasteiger partial charge in [-0.2, -0.15) is 0 Å². The minimum atomic E-state index is -0.369. The molecule has 2 amide bonds. The summed E-state index contributed by atoms with van der Waals surface area (Å²) < 4.78 is 5.02. The summed E-state index contributed by atoms with van der Waals surface area (Å²) in [6.07, 6.45) is 0. The molecule has 1 aromatic heterocycles. The molecule has 0 aliphatic heterocycles. The number of aromatic nitrogens is 2. The Morgan fingerprint density at radius 1 is 1.04 bits per heavy atom. The largest absolute Gasteiger partial charge is 0.380 e. The highest BCUT2D eigenvalue weighted by molar-refractivity contribution is 5.99. The molecule has 0 radical (unpaired) electrons. The molecule has 4 N–H and O–H groups in total. The summed E-state index contributed by atoms with van der Waals surface area (Å²) in [5.74, 6) is -0.707. The predicted molar refractivity (Wildman–Crippen MR) is 97.0 cm³/mol. The van der Waals surface area contributed by atoms with E-state index in [9.17, 15) is 14.4 Å². The number of anilines is 1. The molecule has 0 fully saturated rings. The van der Waals surface area contributed by atoms with Gasteiger partial charge in [0.2, 0.25) is 5.91 Å². The lowest BCUT2D eigenvalue weighted by molar-refractivity contribution is -0.115. The summed E-state index contributed by atoms with van der Waals surface area (Å²) in [7, 11) is 1.60. The van der Waals surface area contributed by atoms with E-state index in [1.54, 1.807) is 49.6 Å². The van der Waals surface area contributed by atoms with Crippen molar-refractivity contribution in [3.8, 4) is 0 Å². The van der Waals surface area contributed by atoms with Gasteiger partial charge in [-0.05, 0) is 35.9 Å². The molecular weight excluding hydrogens is 336 g/mol. The molecule has 0 bridgehead atoms. The van der Waals surface area contributed by atoms with Crippen LogP contribution in [0.3, 0.4) is 0 Å². The van der Waals surface area contributed by atoms with Crippen molar-refractivity contribution in [3.63, 3.8) is 0 Å². The summed E-state index contributed by atoms with van der Waals surface area (Å²) in [6.45, 7) is 0.307. The third-order valence-electron chi connectivity index (χ3n) is 3.74. The van der Waals surface area contributed by atoms with Crippen molar-refractivity contribution in [2.45, 2.75) is 6.61 Å². The number of carbonyl (C=O) groups is 2. The molecule has 0 aliphatic rings. The maximum Gasteiger partial charge on any atom is 0.323 e. The van der Waals surface area contributed by atoms with E-state index in [4.69, 9.17) is 4.74 Å². The van der Waals surface area contributed by atoms with Gasteiger partial charge in [-0.3, -0.25) is 9.59 Å². The molecular formula is C18H18N4O4. The van der Waals surface area contributed by atoms with Gasteiger partial charge in [-0.15, -0.1) is 0 Å². The Hall–Kier alpha value is -3.39. The second-order valence-corrected chi connectivity index (χ2v) is 5.70. The monoisotopic (exact) mass is 354 g/mol. The Bertz CT molecular complexity index is 988. The fourth-order valence-corrected chi connectivity index (χ4v) is 2.50. The van der Waals surface area contributed by atoms with Crippen LogP contribution < -0.4 is 16.3 Å². The average Bonchev–Trinajstić information content (AvgIpc) is 3.00. The summed E-state index contributed by atoms with van der Waals surface area (Å²) in [5.41, 5.74) is 2.87. The number of H-pyrrole nitrogens is 2. The molecule has 8 heteroatoms. The first kappa shape index (κ1) is 17.4. The van der Waals surface area contributed by atoms with E-state index in [0.717, 1.165) is 5.56 Å². The second-order valence-electron chi connectivity index (χ2n) is 5.70.